The first-order chi connectivity index (χ1) is 5.70. The molecule has 1 aliphatic carbocycles. The van der Waals surface area contributed by atoms with Crippen LogP contribution in [0.25, 0.3) is 0 Å². The van der Waals surface area contributed by atoms with Crippen molar-refractivity contribution in [3.8, 4) is 0 Å². The highest BCUT2D eigenvalue weighted by molar-refractivity contribution is 7.12. The van der Waals surface area contributed by atoms with E-state index in [2.05, 4.69) is 0 Å². The van der Waals surface area contributed by atoms with E-state index in [-0.39, 0.29) is 4.88 Å². The molecule has 64 valence electrons. The van der Waals surface area contributed by atoms with Gasteiger partial charge in [0.2, 0.25) is 0 Å². The fourth-order valence-electron chi connectivity index (χ4n) is 1.26. The molecule has 0 unspecified atom stereocenters. The maximum atomic E-state index is 10.6. The second-order valence-corrected chi connectivity index (χ2v) is 3.89. The first kappa shape index (κ1) is 7.61. The van der Waals surface area contributed by atoms with Crippen molar-refractivity contribution < 1.29 is 9.90 Å². The van der Waals surface area contributed by atoms with Gasteiger partial charge < -0.3 is 10.8 Å². The summed E-state index contributed by atoms with van der Waals surface area (Å²) in [6.45, 7) is 0. The van der Waals surface area contributed by atoms with Crippen LogP contribution < -0.4 is 5.73 Å². The summed E-state index contributed by atoms with van der Waals surface area (Å²) in [5.74, 6) is -0.376. The van der Waals surface area contributed by atoms with Crippen LogP contribution in [0.15, 0.2) is 5.38 Å². The minimum Gasteiger partial charge on any atom is -0.477 e. The summed E-state index contributed by atoms with van der Waals surface area (Å²) in [6.07, 6.45) is 2.31. The van der Waals surface area contributed by atoms with Gasteiger partial charge in [0.15, 0.2) is 0 Å². The normalized spacial score (nSPS) is 16.3. The van der Waals surface area contributed by atoms with E-state index >= 15 is 0 Å². The lowest BCUT2D eigenvalue weighted by Crippen LogP contribution is -1.98. The van der Waals surface area contributed by atoms with Gasteiger partial charge in [0.05, 0.1) is 5.69 Å². The third-order valence-electron chi connectivity index (χ3n) is 2.07. The monoisotopic (exact) mass is 183 g/mol. The minimum atomic E-state index is -0.913. The van der Waals surface area contributed by atoms with Crippen molar-refractivity contribution in [3.05, 3.63) is 15.8 Å². The number of aromatic carboxylic acids is 1. The van der Waals surface area contributed by atoms with E-state index in [1.54, 1.807) is 0 Å². The molecular weight excluding hydrogens is 174 g/mol. The largest absolute Gasteiger partial charge is 0.477 e. The molecule has 0 aromatic carbocycles. The van der Waals surface area contributed by atoms with Crippen molar-refractivity contribution >= 4 is 23.0 Å². The first-order valence-corrected chi connectivity index (χ1v) is 4.68. The van der Waals surface area contributed by atoms with Gasteiger partial charge in [0.25, 0.3) is 0 Å². The zero-order valence-corrected chi connectivity index (χ0v) is 7.23. The molecule has 0 aliphatic heterocycles. The fraction of sp³-hybridized carbons (Fsp3) is 0.375. The van der Waals surface area contributed by atoms with E-state index in [1.165, 1.54) is 11.3 Å². The molecule has 1 saturated carbocycles. The molecule has 1 aromatic rings. The van der Waals surface area contributed by atoms with Crippen molar-refractivity contribution in [2.45, 2.75) is 18.8 Å². The Labute approximate surface area is 73.8 Å². The molecule has 0 radical (unpaired) electrons. The Morgan fingerprint density at radius 1 is 1.67 bits per heavy atom. The Kier molecular flexibility index (Phi) is 1.58. The summed E-state index contributed by atoms with van der Waals surface area (Å²) in [5, 5.41) is 10.6. The topological polar surface area (TPSA) is 63.3 Å². The average molecular weight is 183 g/mol. The third kappa shape index (κ3) is 1.08. The molecule has 3 nitrogen and oxygen atoms in total. The Hall–Kier alpha value is -1.03. The van der Waals surface area contributed by atoms with Crippen LogP contribution in [0.4, 0.5) is 5.69 Å². The van der Waals surface area contributed by atoms with Crippen LogP contribution in [0.5, 0.6) is 0 Å². The first-order valence-electron chi connectivity index (χ1n) is 3.80. The van der Waals surface area contributed by atoms with Gasteiger partial charge in [-0.1, -0.05) is 0 Å². The second kappa shape index (κ2) is 2.48. The van der Waals surface area contributed by atoms with Crippen LogP contribution in [0, 0.1) is 0 Å². The van der Waals surface area contributed by atoms with Gasteiger partial charge in [-0.25, -0.2) is 4.79 Å². The molecule has 1 aromatic heterocycles. The smallest absolute Gasteiger partial charge is 0.348 e. The van der Waals surface area contributed by atoms with E-state index in [4.69, 9.17) is 10.8 Å². The average Bonchev–Trinajstić information content (AvgIpc) is 2.75. The molecule has 1 fully saturated rings. The summed E-state index contributed by atoms with van der Waals surface area (Å²) in [5.41, 5.74) is 7.20. The highest BCUT2D eigenvalue weighted by Crippen LogP contribution is 2.45. The predicted molar refractivity (Wildman–Crippen MR) is 47.7 cm³/mol. The van der Waals surface area contributed by atoms with Crippen molar-refractivity contribution in [3.63, 3.8) is 0 Å². The van der Waals surface area contributed by atoms with Crippen molar-refractivity contribution in [1.29, 1.82) is 0 Å². The summed E-state index contributed by atoms with van der Waals surface area (Å²) in [7, 11) is 0. The molecule has 1 aliphatic rings. The number of hydrogen-bond donors (Lipinski definition) is 2. The van der Waals surface area contributed by atoms with E-state index in [9.17, 15) is 4.79 Å². The number of carbonyl (C=O) groups is 1. The van der Waals surface area contributed by atoms with Crippen molar-refractivity contribution in [2.24, 2.45) is 0 Å². The standard InChI is InChI=1S/C8H9NO2S/c9-6-5(4-1-2-4)3-12-7(6)8(10)11/h3-4H,1-2,9H2,(H,10,11). The van der Waals surface area contributed by atoms with Gasteiger partial charge in [-0.3, -0.25) is 0 Å². The molecule has 0 amide bonds. The maximum absolute atomic E-state index is 10.6. The number of thiophene rings is 1. The Morgan fingerprint density at radius 3 is 2.75 bits per heavy atom. The third-order valence-corrected chi connectivity index (χ3v) is 3.07. The lowest BCUT2D eigenvalue weighted by Gasteiger charge is -1.95. The van der Waals surface area contributed by atoms with Gasteiger partial charge in [0, 0.05) is 0 Å². The molecule has 2 rings (SSSR count). The summed E-state index contributed by atoms with van der Waals surface area (Å²) >= 11 is 1.23. The van der Waals surface area contributed by atoms with Crippen LogP contribution >= 0.6 is 11.3 Å². The number of carboxylic acids is 1. The van der Waals surface area contributed by atoms with Crippen molar-refractivity contribution in [2.75, 3.05) is 5.73 Å². The number of hydrogen-bond acceptors (Lipinski definition) is 3. The van der Waals surface area contributed by atoms with Crippen LogP contribution in [0.3, 0.4) is 0 Å². The maximum Gasteiger partial charge on any atom is 0.348 e. The van der Waals surface area contributed by atoms with E-state index in [0.29, 0.717) is 11.6 Å². The van der Waals surface area contributed by atoms with Gasteiger partial charge >= 0.3 is 5.97 Å². The van der Waals surface area contributed by atoms with Crippen molar-refractivity contribution in [1.82, 2.24) is 0 Å². The lowest BCUT2D eigenvalue weighted by molar-refractivity contribution is 0.0703. The zero-order chi connectivity index (χ0) is 8.72. The molecule has 0 saturated heterocycles. The van der Waals surface area contributed by atoms with Gasteiger partial charge in [-0.2, -0.15) is 0 Å². The molecule has 12 heavy (non-hydrogen) atoms. The number of nitrogen functional groups attached to an aromatic ring is 1. The minimum absolute atomic E-state index is 0.289. The number of nitrogens with two attached hydrogens (primary N) is 1. The predicted octanol–water partition coefficient (Wildman–Crippen LogP) is 1.91. The number of carboxylic acid groups (broad SMARTS) is 1. The number of rotatable bonds is 2. The molecule has 3 N–H and O–H groups in total. The highest BCUT2D eigenvalue weighted by atomic mass is 32.1. The van der Waals surface area contributed by atoms with E-state index in [1.807, 2.05) is 5.38 Å². The van der Waals surface area contributed by atoms with Crippen LogP contribution in [-0.2, 0) is 0 Å². The Balaban J connectivity index is 2.39. The molecule has 0 bridgehead atoms. The summed E-state index contributed by atoms with van der Waals surface area (Å²) < 4.78 is 0. The van der Waals surface area contributed by atoms with Crippen LogP contribution in [0.1, 0.15) is 34.0 Å². The molecule has 1 heterocycles. The van der Waals surface area contributed by atoms with Crippen LogP contribution in [-0.4, -0.2) is 11.1 Å². The lowest BCUT2D eigenvalue weighted by atomic mass is 10.2. The summed E-state index contributed by atoms with van der Waals surface area (Å²) in [6, 6.07) is 0. The zero-order valence-electron chi connectivity index (χ0n) is 6.41. The quantitative estimate of drug-likeness (QED) is 0.736. The number of anilines is 1. The van der Waals surface area contributed by atoms with Gasteiger partial charge in [-0.05, 0) is 29.7 Å². The highest BCUT2D eigenvalue weighted by Gasteiger charge is 2.28. The summed E-state index contributed by atoms with van der Waals surface area (Å²) in [4.78, 5) is 10.9. The van der Waals surface area contributed by atoms with Crippen LogP contribution in [0.2, 0.25) is 0 Å². The molecular formula is C8H9NO2S. The fourth-order valence-corrected chi connectivity index (χ4v) is 2.17. The second-order valence-electron chi connectivity index (χ2n) is 3.01. The Morgan fingerprint density at radius 2 is 2.33 bits per heavy atom. The molecule has 4 heteroatoms. The SMILES string of the molecule is Nc1c(C2CC2)csc1C(=O)O. The van der Waals surface area contributed by atoms with E-state index in [0.717, 1.165) is 18.4 Å². The van der Waals surface area contributed by atoms with Gasteiger partial charge in [-0.15, -0.1) is 11.3 Å². The molecule has 0 atom stereocenters. The van der Waals surface area contributed by atoms with E-state index < -0.39 is 5.97 Å². The molecule has 0 spiro atoms. The van der Waals surface area contributed by atoms with Gasteiger partial charge in [0.1, 0.15) is 4.88 Å². The Bertz CT molecular complexity index is 328.